The maximum absolute atomic E-state index is 10.3. The molecule has 0 spiro atoms. The molecule has 18 heavy (non-hydrogen) atoms. The molecular weight excluding hydrogens is 454 g/mol. The lowest BCUT2D eigenvalue weighted by Gasteiger charge is -2.16. The molecule has 0 unspecified atom stereocenters. The van der Waals surface area contributed by atoms with Gasteiger partial charge in [-0.1, -0.05) is 0 Å². The van der Waals surface area contributed by atoms with Gasteiger partial charge in [0.2, 0.25) is 0 Å². The van der Waals surface area contributed by atoms with Crippen molar-refractivity contribution < 1.29 is 5.11 Å². The molecule has 0 aliphatic heterocycles. The van der Waals surface area contributed by atoms with Gasteiger partial charge in [0, 0.05) is 28.1 Å². The van der Waals surface area contributed by atoms with Crippen LogP contribution < -0.4 is 0 Å². The van der Waals surface area contributed by atoms with Gasteiger partial charge in [-0.2, -0.15) is 0 Å². The molecule has 2 rings (SSSR count). The molecule has 0 radical (unpaired) electrons. The molecule has 1 heterocycles. The molecule has 1 N–H and O–H groups in total. The van der Waals surface area contributed by atoms with Crippen molar-refractivity contribution in [1.82, 2.24) is 9.47 Å². The van der Waals surface area contributed by atoms with Crippen LogP contribution in [0.15, 0.2) is 30.6 Å². The predicted octanol–water partition coefficient (Wildman–Crippen LogP) is 3.45. The van der Waals surface area contributed by atoms with Crippen molar-refractivity contribution in [3.05, 3.63) is 43.3 Å². The largest absolute Gasteiger partial charge is 0.506 e. The highest BCUT2D eigenvalue weighted by molar-refractivity contribution is 14.1. The number of hydrogen-bond donors (Lipinski definition) is 1. The molecule has 1 aromatic carbocycles. The number of rotatable bonds is 3. The molecule has 0 saturated carbocycles. The van der Waals surface area contributed by atoms with Crippen LogP contribution in [0.4, 0.5) is 0 Å². The third-order valence-corrected chi connectivity index (χ3v) is 4.44. The first kappa shape index (κ1) is 14.1. The summed E-state index contributed by atoms with van der Waals surface area (Å²) in [6, 6.07) is 6.02. The summed E-state index contributed by atoms with van der Waals surface area (Å²) < 4.78 is 4.07. The third-order valence-electron chi connectivity index (χ3n) is 2.60. The lowest BCUT2D eigenvalue weighted by molar-refractivity contribution is 0.384. The van der Waals surface area contributed by atoms with E-state index in [1.165, 1.54) is 0 Å². The van der Waals surface area contributed by atoms with Crippen molar-refractivity contribution in [3.63, 3.8) is 0 Å². The summed E-state index contributed by atoms with van der Waals surface area (Å²) in [6.07, 6.45) is 3.98. The summed E-state index contributed by atoms with van der Waals surface area (Å²) in [5.41, 5.74) is 2.01. The van der Waals surface area contributed by atoms with Crippen molar-refractivity contribution >= 4 is 45.2 Å². The second kappa shape index (κ2) is 5.79. The van der Waals surface area contributed by atoms with E-state index in [9.17, 15) is 5.11 Å². The van der Waals surface area contributed by atoms with E-state index >= 15 is 0 Å². The number of aromatic hydroxyl groups is 1. The predicted molar refractivity (Wildman–Crippen MR) is 90.3 cm³/mol. The standard InChI is InChI=1S/C13H14I2N2O/c1-16(2)8-9-7-10(14)12(11(15)13(9)18)17-5-3-4-6-17/h3-7,18H,8H2,1-2H3. The summed E-state index contributed by atoms with van der Waals surface area (Å²) in [5, 5.41) is 10.3. The number of phenols is 1. The topological polar surface area (TPSA) is 28.4 Å². The normalized spacial score (nSPS) is 11.2. The smallest absolute Gasteiger partial charge is 0.135 e. The van der Waals surface area contributed by atoms with Crippen molar-refractivity contribution in [1.29, 1.82) is 0 Å². The molecule has 0 aliphatic rings. The number of halogens is 2. The number of phenolic OH excluding ortho intramolecular Hbond substituents is 1. The van der Waals surface area contributed by atoms with Gasteiger partial charge < -0.3 is 14.6 Å². The zero-order valence-corrected chi connectivity index (χ0v) is 14.5. The Labute approximate surface area is 134 Å². The van der Waals surface area contributed by atoms with E-state index in [0.29, 0.717) is 5.75 Å². The quantitative estimate of drug-likeness (QED) is 0.700. The number of nitrogens with zero attached hydrogens (tertiary/aromatic N) is 2. The van der Waals surface area contributed by atoms with Crippen LogP contribution in [-0.4, -0.2) is 28.7 Å². The number of aromatic nitrogens is 1. The lowest BCUT2D eigenvalue weighted by atomic mass is 10.1. The monoisotopic (exact) mass is 468 g/mol. The average molecular weight is 468 g/mol. The van der Waals surface area contributed by atoms with Gasteiger partial charge in [0.25, 0.3) is 0 Å². The molecule has 0 saturated heterocycles. The van der Waals surface area contributed by atoms with Gasteiger partial charge in [-0.3, -0.25) is 0 Å². The molecule has 0 atom stereocenters. The second-order valence-corrected chi connectivity index (χ2v) is 6.60. The second-order valence-electron chi connectivity index (χ2n) is 4.36. The highest BCUT2D eigenvalue weighted by atomic mass is 127. The Balaban J connectivity index is 2.55. The highest BCUT2D eigenvalue weighted by Gasteiger charge is 2.15. The zero-order valence-electron chi connectivity index (χ0n) is 10.2. The first-order chi connectivity index (χ1) is 8.50. The van der Waals surface area contributed by atoms with Gasteiger partial charge in [-0.05, 0) is 77.5 Å². The Morgan fingerprint density at radius 3 is 2.39 bits per heavy atom. The Morgan fingerprint density at radius 1 is 1.22 bits per heavy atom. The Bertz CT molecular complexity index is 551. The minimum absolute atomic E-state index is 0.383. The van der Waals surface area contributed by atoms with E-state index in [1.54, 1.807) is 0 Å². The highest BCUT2D eigenvalue weighted by Crippen LogP contribution is 2.34. The van der Waals surface area contributed by atoms with Crippen molar-refractivity contribution in [3.8, 4) is 11.4 Å². The fourth-order valence-corrected chi connectivity index (χ4v) is 4.18. The summed E-state index contributed by atoms with van der Waals surface area (Å²) in [5.74, 6) is 0.383. The first-order valence-electron chi connectivity index (χ1n) is 5.48. The van der Waals surface area contributed by atoms with E-state index < -0.39 is 0 Å². The van der Waals surface area contributed by atoms with Gasteiger partial charge in [-0.15, -0.1) is 0 Å². The molecule has 0 amide bonds. The molecule has 5 heteroatoms. The molecule has 0 bridgehead atoms. The summed E-state index contributed by atoms with van der Waals surface area (Å²) in [4.78, 5) is 2.05. The molecule has 0 fully saturated rings. The Kier molecular flexibility index (Phi) is 4.54. The van der Waals surface area contributed by atoms with Gasteiger partial charge in [0.15, 0.2) is 0 Å². The van der Waals surface area contributed by atoms with Crippen molar-refractivity contribution in [2.45, 2.75) is 6.54 Å². The summed E-state index contributed by atoms with van der Waals surface area (Å²) >= 11 is 4.53. The van der Waals surface area contributed by atoms with Crippen molar-refractivity contribution in [2.24, 2.45) is 0 Å². The van der Waals surface area contributed by atoms with Crippen LogP contribution in [0.25, 0.3) is 5.69 Å². The van der Waals surface area contributed by atoms with E-state index in [0.717, 1.165) is 24.9 Å². The first-order valence-corrected chi connectivity index (χ1v) is 7.64. The van der Waals surface area contributed by atoms with Crippen LogP contribution in [0.3, 0.4) is 0 Å². The number of hydrogen-bond acceptors (Lipinski definition) is 2. The van der Waals surface area contributed by atoms with E-state index in [1.807, 2.05) is 49.3 Å². The lowest BCUT2D eigenvalue weighted by Crippen LogP contribution is -2.12. The van der Waals surface area contributed by atoms with Crippen molar-refractivity contribution in [2.75, 3.05) is 14.1 Å². The number of benzene rings is 1. The van der Waals surface area contributed by atoms with Gasteiger partial charge in [-0.25, -0.2) is 0 Å². The molecule has 1 aromatic heterocycles. The fraction of sp³-hybridized carbons (Fsp3) is 0.231. The molecular formula is C13H14I2N2O. The summed E-state index contributed by atoms with van der Waals surface area (Å²) in [6.45, 7) is 0.740. The Morgan fingerprint density at radius 2 is 1.83 bits per heavy atom. The van der Waals surface area contributed by atoms with E-state index in [4.69, 9.17) is 0 Å². The molecule has 3 nitrogen and oxygen atoms in total. The van der Waals surface area contributed by atoms with Crippen LogP contribution in [0.1, 0.15) is 5.56 Å². The maximum Gasteiger partial charge on any atom is 0.135 e. The molecule has 96 valence electrons. The minimum Gasteiger partial charge on any atom is -0.506 e. The van der Waals surface area contributed by atoms with Crippen LogP contribution in [0, 0.1) is 7.14 Å². The van der Waals surface area contributed by atoms with Crippen LogP contribution >= 0.6 is 45.2 Å². The van der Waals surface area contributed by atoms with Gasteiger partial charge in [0.1, 0.15) is 5.75 Å². The van der Waals surface area contributed by atoms with Gasteiger partial charge in [0.05, 0.1) is 9.26 Å². The minimum atomic E-state index is 0.383. The third kappa shape index (κ3) is 2.83. The maximum atomic E-state index is 10.3. The van der Waals surface area contributed by atoms with Gasteiger partial charge >= 0.3 is 0 Å². The zero-order chi connectivity index (χ0) is 13.3. The van der Waals surface area contributed by atoms with Crippen LogP contribution in [0.2, 0.25) is 0 Å². The van der Waals surface area contributed by atoms with Crippen LogP contribution in [0.5, 0.6) is 5.75 Å². The summed E-state index contributed by atoms with van der Waals surface area (Å²) in [7, 11) is 4.00. The Hall–Kier alpha value is -0.280. The fourth-order valence-electron chi connectivity index (χ4n) is 1.83. The SMILES string of the molecule is CN(C)Cc1cc(I)c(-n2cccc2)c(I)c1O. The van der Waals surface area contributed by atoms with Crippen LogP contribution in [-0.2, 0) is 6.54 Å². The molecule has 2 aromatic rings. The average Bonchev–Trinajstić information content (AvgIpc) is 2.78. The van der Waals surface area contributed by atoms with E-state index in [2.05, 4.69) is 50.1 Å². The van der Waals surface area contributed by atoms with E-state index in [-0.39, 0.29) is 0 Å². The molecule has 0 aliphatic carbocycles.